The van der Waals surface area contributed by atoms with Gasteiger partial charge in [-0.25, -0.2) is 4.99 Å². The summed E-state index contributed by atoms with van der Waals surface area (Å²) >= 11 is 6.04. The summed E-state index contributed by atoms with van der Waals surface area (Å²) in [5, 5.41) is 2.30. The zero-order chi connectivity index (χ0) is 20.2. The van der Waals surface area contributed by atoms with Gasteiger partial charge in [-0.2, -0.15) is 0 Å². The van der Waals surface area contributed by atoms with Crippen LogP contribution in [-0.2, 0) is 0 Å². The van der Waals surface area contributed by atoms with Gasteiger partial charge >= 0.3 is 0 Å². The van der Waals surface area contributed by atoms with Crippen molar-refractivity contribution in [2.75, 3.05) is 13.7 Å². The molecule has 4 nitrogen and oxygen atoms in total. The van der Waals surface area contributed by atoms with E-state index in [1.165, 1.54) is 0 Å². The first-order valence-electron chi connectivity index (χ1n) is 9.32. The highest BCUT2D eigenvalue weighted by Gasteiger charge is 2.09. The molecule has 5 heteroatoms. The number of rotatable bonds is 5. The Labute approximate surface area is 174 Å². The molecule has 0 atom stereocenters. The zero-order valence-corrected chi connectivity index (χ0v) is 16.9. The van der Waals surface area contributed by atoms with Gasteiger partial charge in [0, 0.05) is 22.0 Å². The minimum absolute atomic E-state index is 0.588. The molecule has 0 bridgehead atoms. The molecule has 29 heavy (non-hydrogen) atoms. The first kappa shape index (κ1) is 19.1. The van der Waals surface area contributed by atoms with Crippen LogP contribution in [-0.4, -0.2) is 13.7 Å². The summed E-state index contributed by atoms with van der Waals surface area (Å²) in [6.07, 6.45) is 0. The summed E-state index contributed by atoms with van der Waals surface area (Å²) in [6, 6.07) is 22.9. The van der Waals surface area contributed by atoms with Gasteiger partial charge < -0.3 is 13.9 Å². The van der Waals surface area contributed by atoms with Crippen LogP contribution in [0.15, 0.2) is 82.2 Å². The SMILES string of the molecule is CCOc1ccc2oc(-c3ccc(Cl)cc3)cc(=Nc3ccccc3OC)c2c1. The molecular weight excluding hydrogens is 386 g/mol. The van der Waals surface area contributed by atoms with E-state index in [2.05, 4.69) is 0 Å². The monoisotopic (exact) mass is 405 g/mol. The molecule has 4 aromatic rings. The maximum absolute atomic E-state index is 6.17. The Morgan fingerprint density at radius 3 is 2.52 bits per heavy atom. The Morgan fingerprint density at radius 1 is 0.966 bits per heavy atom. The maximum Gasteiger partial charge on any atom is 0.144 e. The number of halogens is 1. The molecular formula is C24H20ClNO3. The van der Waals surface area contributed by atoms with Crippen molar-refractivity contribution in [1.82, 2.24) is 0 Å². The number of fused-ring (bicyclic) bond motifs is 1. The standard InChI is InChI=1S/C24H20ClNO3/c1-3-28-18-12-13-22-19(14-18)21(26-20-6-4-5-7-23(20)27-2)15-24(29-22)16-8-10-17(25)11-9-16/h4-15H,3H2,1-2H3. The van der Waals surface area contributed by atoms with Crippen LogP contribution in [0, 0.1) is 0 Å². The Kier molecular flexibility index (Phi) is 5.54. The van der Waals surface area contributed by atoms with Crippen molar-refractivity contribution in [1.29, 1.82) is 0 Å². The Bertz CT molecular complexity index is 1210. The largest absolute Gasteiger partial charge is 0.494 e. The number of hydrogen-bond acceptors (Lipinski definition) is 4. The third-order valence-corrected chi connectivity index (χ3v) is 4.73. The highest BCUT2D eigenvalue weighted by Crippen LogP contribution is 2.29. The van der Waals surface area contributed by atoms with Gasteiger partial charge in [-0.05, 0) is 61.5 Å². The van der Waals surface area contributed by atoms with Gasteiger partial charge in [-0.3, -0.25) is 0 Å². The average Bonchev–Trinajstić information content (AvgIpc) is 2.75. The van der Waals surface area contributed by atoms with Crippen LogP contribution in [0.2, 0.25) is 5.02 Å². The van der Waals surface area contributed by atoms with E-state index in [0.717, 1.165) is 33.3 Å². The predicted molar refractivity (Wildman–Crippen MR) is 116 cm³/mol. The van der Waals surface area contributed by atoms with Gasteiger partial charge in [0.05, 0.1) is 19.1 Å². The summed E-state index contributed by atoms with van der Waals surface area (Å²) in [7, 11) is 1.64. The zero-order valence-electron chi connectivity index (χ0n) is 16.2. The molecule has 3 aromatic carbocycles. The lowest BCUT2D eigenvalue weighted by molar-refractivity contribution is 0.340. The van der Waals surface area contributed by atoms with E-state index >= 15 is 0 Å². The smallest absolute Gasteiger partial charge is 0.144 e. The fourth-order valence-corrected chi connectivity index (χ4v) is 3.23. The van der Waals surface area contributed by atoms with Crippen molar-refractivity contribution in [3.63, 3.8) is 0 Å². The van der Waals surface area contributed by atoms with Crippen LogP contribution in [0.3, 0.4) is 0 Å². The highest BCUT2D eigenvalue weighted by molar-refractivity contribution is 6.30. The Hall–Kier alpha value is -3.24. The number of hydrogen-bond donors (Lipinski definition) is 0. The highest BCUT2D eigenvalue weighted by atomic mass is 35.5. The van der Waals surface area contributed by atoms with Crippen LogP contribution < -0.4 is 14.8 Å². The van der Waals surface area contributed by atoms with Crippen LogP contribution >= 0.6 is 11.6 Å². The minimum Gasteiger partial charge on any atom is -0.494 e. The Morgan fingerprint density at radius 2 is 1.76 bits per heavy atom. The van der Waals surface area contributed by atoms with Crippen LogP contribution in [0.25, 0.3) is 22.3 Å². The summed E-state index contributed by atoms with van der Waals surface area (Å²) in [5.41, 5.74) is 2.38. The number of ether oxygens (including phenoxy) is 2. The summed E-state index contributed by atoms with van der Waals surface area (Å²) in [6.45, 7) is 2.54. The van der Waals surface area contributed by atoms with E-state index in [9.17, 15) is 0 Å². The second-order valence-corrected chi connectivity index (χ2v) is 6.81. The minimum atomic E-state index is 0.588. The van der Waals surface area contributed by atoms with Crippen molar-refractivity contribution in [3.05, 3.63) is 83.2 Å². The van der Waals surface area contributed by atoms with Crippen LogP contribution in [0.4, 0.5) is 5.69 Å². The second kappa shape index (κ2) is 8.41. The fourth-order valence-electron chi connectivity index (χ4n) is 3.11. The third kappa shape index (κ3) is 4.13. The Balaban J connectivity index is 1.98. The molecule has 4 rings (SSSR count). The number of methoxy groups -OCH3 is 1. The summed E-state index contributed by atoms with van der Waals surface area (Å²) < 4.78 is 17.3. The molecule has 0 amide bonds. The van der Waals surface area contributed by atoms with E-state index in [0.29, 0.717) is 23.1 Å². The average molecular weight is 406 g/mol. The fraction of sp³-hybridized carbons (Fsp3) is 0.125. The first-order chi connectivity index (χ1) is 14.2. The molecule has 0 saturated carbocycles. The lowest BCUT2D eigenvalue weighted by Gasteiger charge is -2.09. The van der Waals surface area contributed by atoms with Gasteiger partial charge in [0.15, 0.2) is 0 Å². The molecule has 0 aliphatic carbocycles. The van der Waals surface area contributed by atoms with Gasteiger partial charge in [-0.1, -0.05) is 23.7 Å². The van der Waals surface area contributed by atoms with E-state index in [4.69, 9.17) is 30.5 Å². The number of nitrogens with zero attached hydrogens (tertiary/aromatic N) is 1. The van der Waals surface area contributed by atoms with Crippen LogP contribution in [0.5, 0.6) is 11.5 Å². The van der Waals surface area contributed by atoms with Gasteiger partial charge in [-0.15, -0.1) is 0 Å². The molecule has 0 aliphatic rings. The van der Waals surface area contributed by atoms with E-state index < -0.39 is 0 Å². The molecule has 146 valence electrons. The molecule has 1 aromatic heterocycles. The van der Waals surface area contributed by atoms with Crippen molar-refractivity contribution < 1.29 is 13.9 Å². The first-order valence-corrected chi connectivity index (χ1v) is 9.70. The number of benzene rings is 3. The molecule has 0 aliphatic heterocycles. The molecule has 0 unspecified atom stereocenters. The van der Waals surface area contributed by atoms with Crippen molar-refractivity contribution >= 4 is 28.3 Å². The molecule has 0 spiro atoms. The maximum atomic E-state index is 6.17. The normalized spacial score (nSPS) is 11.6. The topological polar surface area (TPSA) is 44.0 Å². The molecule has 0 fully saturated rings. The molecule has 0 saturated heterocycles. The lowest BCUT2D eigenvalue weighted by atomic mass is 10.1. The van der Waals surface area contributed by atoms with E-state index in [-0.39, 0.29) is 0 Å². The number of para-hydroxylation sites is 2. The molecule has 0 N–H and O–H groups in total. The van der Waals surface area contributed by atoms with E-state index in [1.807, 2.05) is 79.7 Å². The van der Waals surface area contributed by atoms with Crippen LogP contribution in [0.1, 0.15) is 6.92 Å². The van der Waals surface area contributed by atoms with Crippen molar-refractivity contribution in [2.45, 2.75) is 6.92 Å². The van der Waals surface area contributed by atoms with Crippen molar-refractivity contribution in [3.8, 4) is 22.8 Å². The predicted octanol–water partition coefficient (Wildman–Crippen LogP) is 6.39. The van der Waals surface area contributed by atoms with E-state index in [1.54, 1.807) is 7.11 Å². The van der Waals surface area contributed by atoms with Gasteiger partial charge in [0.1, 0.15) is 28.5 Å². The second-order valence-electron chi connectivity index (χ2n) is 6.38. The van der Waals surface area contributed by atoms with Gasteiger partial charge in [0.2, 0.25) is 0 Å². The van der Waals surface area contributed by atoms with Gasteiger partial charge in [0.25, 0.3) is 0 Å². The quantitative estimate of drug-likeness (QED) is 0.386. The molecule has 0 radical (unpaired) electrons. The van der Waals surface area contributed by atoms with Crippen molar-refractivity contribution in [2.24, 2.45) is 4.99 Å². The lowest BCUT2D eigenvalue weighted by Crippen LogP contribution is -2.04. The molecule has 1 heterocycles. The summed E-state index contributed by atoms with van der Waals surface area (Å²) in [5.74, 6) is 2.17. The summed E-state index contributed by atoms with van der Waals surface area (Å²) in [4.78, 5) is 4.88. The third-order valence-electron chi connectivity index (χ3n) is 4.48.